The Bertz CT molecular complexity index is 544. The molecule has 0 radical (unpaired) electrons. The molecule has 0 N–H and O–H groups in total. The molecule has 120 valence electrons. The third kappa shape index (κ3) is 2.98. The highest BCUT2D eigenvalue weighted by Crippen LogP contribution is 2.38. The molecule has 0 aromatic carbocycles. The van der Waals surface area contributed by atoms with Gasteiger partial charge in [0.25, 0.3) is 0 Å². The van der Waals surface area contributed by atoms with Gasteiger partial charge in [0.15, 0.2) is 0 Å². The van der Waals surface area contributed by atoms with Crippen LogP contribution in [0.2, 0.25) is 0 Å². The number of hydrogen-bond acceptors (Lipinski definition) is 4. The number of aromatic nitrogens is 3. The maximum absolute atomic E-state index is 12.5. The van der Waals surface area contributed by atoms with Gasteiger partial charge in [-0.1, -0.05) is 5.21 Å². The standard InChI is InChI=1S/C15H23N5O2/c1-2-18-11-15(6-4-13(18)21)5-3-8-19(12-15)14(22)10-20-9-7-16-17-20/h7,9H,2-6,8,10-12H2,1H3/t15-/m0/s1. The first kappa shape index (κ1) is 15.0. The van der Waals surface area contributed by atoms with E-state index in [9.17, 15) is 9.59 Å². The van der Waals surface area contributed by atoms with E-state index in [1.54, 1.807) is 17.1 Å². The first-order valence-corrected chi connectivity index (χ1v) is 8.01. The summed E-state index contributed by atoms with van der Waals surface area (Å²) in [5, 5.41) is 7.59. The van der Waals surface area contributed by atoms with Crippen LogP contribution in [0.1, 0.15) is 32.6 Å². The van der Waals surface area contributed by atoms with Crippen molar-refractivity contribution < 1.29 is 9.59 Å². The Morgan fingerprint density at radius 1 is 1.36 bits per heavy atom. The van der Waals surface area contributed by atoms with Gasteiger partial charge < -0.3 is 9.80 Å². The van der Waals surface area contributed by atoms with Gasteiger partial charge in [-0.25, -0.2) is 4.68 Å². The Labute approximate surface area is 130 Å². The van der Waals surface area contributed by atoms with Crippen LogP contribution in [0.15, 0.2) is 12.4 Å². The molecule has 0 unspecified atom stereocenters. The van der Waals surface area contributed by atoms with Crippen LogP contribution >= 0.6 is 0 Å². The second kappa shape index (κ2) is 6.06. The predicted octanol–water partition coefficient (Wildman–Crippen LogP) is 0.529. The van der Waals surface area contributed by atoms with Crippen LogP contribution in [0.4, 0.5) is 0 Å². The first-order chi connectivity index (χ1) is 10.6. The second-order valence-corrected chi connectivity index (χ2v) is 6.43. The third-order valence-electron chi connectivity index (χ3n) is 4.91. The Morgan fingerprint density at radius 2 is 2.23 bits per heavy atom. The summed E-state index contributed by atoms with van der Waals surface area (Å²) in [7, 11) is 0. The van der Waals surface area contributed by atoms with E-state index in [4.69, 9.17) is 0 Å². The number of likely N-dealkylation sites (tertiary alicyclic amines) is 2. The monoisotopic (exact) mass is 305 g/mol. The number of carbonyl (C=O) groups is 2. The van der Waals surface area contributed by atoms with Gasteiger partial charge >= 0.3 is 0 Å². The molecule has 1 aromatic heterocycles. The molecule has 1 aromatic rings. The van der Waals surface area contributed by atoms with Gasteiger partial charge in [-0.3, -0.25) is 9.59 Å². The van der Waals surface area contributed by atoms with Gasteiger partial charge in [0.2, 0.25) is 11.8 Å². The highest BCUT2D eigenvalue weighted by atomic mass is 16.2. The van der Waals surface area contributed by atoms with Crippen LogP contribution in [-0.4, -0.2) is 62.8 Å². The van der Waals surface area contributed by atoms with Crippen LogP contribution in [0.25, 0.3) is 0 Å². The summed E-state index contributed by atoms with van der Waals surface area (Å²) in [5.74, 6) is 0.337. The minimum atomic E-state index is 0.0835. The van der Waals surface area contributed by atoms with Crippen molar-refractivity contribution in [3.63, 3.8) is 0 Å². The number of piperidine rings is 2. The van der Waals surface area contributed by atoms with Crippen LogP contribution in [-0.2, 0) is 16.1 Å². The van der Waals surface area contributed by atoms with Crippen molar-refractivity contribution >= 4 is 11.8 Å². The topological polar surface area (TPSA) is 71.3 Å². The van der Waals surface area contributed by atoms with E-state index in [1.165, 1.54) is 0 Å². The fourth-order valence-electron chi connectivity index (χ4n) is 3.70. The molecule has 2 aliphatic heterocycles. The van der Waals surface area contributed by atoms with Crippen molar-refractivity contribution in [2.75, 3.05) is 26.2 Å². The smallest absolute Gasteiger partial charge is 0.244 e. The zero-order chi connectivity index (χ0) is 15.6. The maximum Gasteiger partial charge on any atom is 0.244 e. The van der Waals surface area contributed by atoms with Crippen LogP contribution in [0.5, 0.6) is 0 Å². The number of hydrogen-bond donors (Lipinski definition) is 0. The molecule has 1 atom stereocenters. The molecule has 0 saturated carbocycles. The van der Waals surface area contributed by atoms with E-state index >= 15 is 0 Å². The third-order valence-corrected chi connectivity index (χ3v) is 4.91. The summed E-state index contributed by atoms with van der Waals surface area (Å²) in [6.07, 6.45) is 6.90. The number of rotatable bonds is 3. The van der Waals surface area contributed by atoms with Crippen molar-refractivity contribution in [2.24, 2.45) is 5.41 Å². The summed E-state index contributed by atoms with van der Waals surface area (Å²) in [6, 6.07) is 0. The average molecular weight is 305 g/mol. The van der Waals surface area contributed by atoms with Crippen LogP contribution < -0.4 is 0 Å². The molecule has 22 heavy (non-hydrogen) atoms. The molecule has 7 heteroatoms. The lowest BCUT2D eigenvalue weighted by atomic mass is 9.73. The van der Waals surface area contributed by atoms with Crippen LogP contribution in [0, 0.1) is 5.41 Å². The van der Waals surface area contributed by atoms with E-state index < -0.39 is 0 Å². The Hall–Kier alpha value is -1.92. The summed E-state index contributed by atoms with van der Waals surface area (Å²) >= 11 is 0. The minimum Gasteiger partial charge on any atom is -0.342 e. The second-order valence-electron chi connectivity index (χ2n) is 6.43. The largest absolute Gasteiger partial charge is 0.342 e. The van der Waals surface area contributed by atoms with Crippen molar-refractivity contribution in [3.8, 4) is 0 Å². The number of nitrogens with zero attached hydrogens (tertiary/aromatic N) is 5. The molecule has 3 rings (SSSR count). The molecule has 7 nitrogen and oxygen atoms in total. The van der Waals surface area contributed by atoms with Crippen LogP contribution in [0.3, 0.4) is 0 Å². The summed E-state index contributed by atoms with van der Waals surface area (Å²) in [4.78, 5) is 28.2. The average Bonchev–Trinajstić information content (AvgIpc) is 3.03. The zero-order valence-electron chi connectivity index (χ0n) is 13.1. The van der Waals surface area contributed by atoms with E-state index in [0.717, 1.165) is 45.4 Å². The van der Waals surface area contributed by atoms with E-state index in [0.29, 0.717) is 6.42 Å². The minimum absolute atomic E-state index is 0.0835. The molecule has 2 fully saturated rings. The first-order valence-electron chi connectivity index (χ1n) is 8.01. The van der Waals surface area contributed by atoms with Gasteiger partial charge in [-0.15, -0.1) is 5.10 Å². The summed E-state index contributed by atoms with van der Waals surface area (Å²) in [6.45, 7) is 5.36. The van der Waals surface area contributed by atoms with Gasteiger partial charge in [-0.2, -0.15) is 0 Å². The normalized spacial score (nSPS) is 25.8. The Morgan fingerprint density at radius 3 is 2.95 bits per heavy atom. The molecule has 0 aliphatic carbocycles. The summed E-state index contributed by atoms with van der Waals surface area (Å²) < 4.78 is 1.56. The molecule has 1 spiro atoms. The number of amides is 2. The molecule has 2 amide bonds. The Kier molecular flexibility index (Phi) is 4.13. The van der Waals surface area contributed by atoms with E-state index in [1.807, 2.05) is 16.7 Å². The molecule has 2 saturated heterocycles. The summed E-state index contributed by atoms with van der Waals surface area (Å²) in [5.41, 5.74) is 0.0835. The van der Waals surface area contributed by atoms with Crippen molar-refractivity contribution in [1.29, 1.82) is 0 Å². The van der Waals surface area contributed by atoms with Crippen molar-refractivity contribution in [3.05, 3.63) is 12.4 Å². The van der Waals surface area contributed by atoms with Gasteiger partial charge in [0, 0.05) is 44.2 Å². The van der Waals surface area contributed by atoms with Crippen molar-refractivity contribution in [1.82, 2.24) is 24.8 Å². The van der Waals surface area contributed by atoms with Crippen molar-refractivity contribution in [2.45, 2.75) is 39.2 Å². The maximum atomic E-state index is 12.5. The lowest BCUT2D eigenvalue weighted by Gasteiger charge is -2.48. The highest BCUT2D eigenvalue weighted by molar-refractivity contribution is 5.78. The molecule has 3 heterocycles. The highest BCUT2D eigenvalue weighted by Gasteiger charge is 2.42. The lowest BCUT2D eigenvalue weighted by molar-refractivity contribution is -0.143. The fraction of sp³-hybridized carbons (Fsp3) is 0.733. The predicted molar refractivity (Wildman–Crippen MR) is 79.8 cm³/mol. The SMILES string of the molecule is CCN1C[C@]2(CCCN(C(=O)Cn3ccnn3)C2)CCC1=O. The molecule has 2 aliphatic rings. The van der Waals surface area contributed by atoms with Gasteiger partial charge in [0.1, 0.15) is 6.54 Å². The molecular formula is C15H23N5O2. The molecular weight excluding hydrogens is 282 g/mol. The van der Waals surface area contributed by atoms with Gasteiger partial charge in [0.05, 0.1) is 6.20 Å². The number of carbonyl (C=O) groups excluding carboxylic acids is 2. The quantitative estimate of drug-likeness (QED) is 0.816. The fourth-order valence-corrected chi connectivity index (χ4v) is 3.70. The van der Waals surface area contributed by atoms with E-state index in [-0.39, 0.29) is 23.8 Å². The van der Waals surface area contributed by atoms with E-state index in [2.05, 4.69) is 10.3 Å². The Balaban J connectivity index is 1.66. The van der Waals surface area contributed by atoms with Gasteiger partial charge in [-0.05, 0) is 26.2 Å². The molecule has 0 bridgehead atoms. The zero-order valence-corrected chi connectivity index (χ0v) is 13.1. The lowest BCUT2D eigenvalue weighted by Crippen LogP contribution is -2.55.